The van der Waals surface area contributed by atoms with Crippen LogP contribution in [-0.4, -0.2) is 14.1 Å². The number of ether oxygens (including phenoxy) is 1. The Hall–Kier alpha value is -7.50. The molecule has 0 N–H and O–H groups in total. The van der Waals surface area contributed by atoms with Gasteiger partial charge < -0.3 is 4.74 Å². The van der Waals surface area contributed by atoms with Crippen LogP contribution in [-0.2, 0) is 21.7 Å². The number of rotatable bonds is 10. The van der Waals surface area contributed by atoms with Gasteiger partial charge in [-0.25, -0.2) is 4.98 Å². The van der Waals surface area contributed by atoms with Crippen molar-refractivity contribution in [3.63, 3.8) is 0 Å². The van der Waals surface area contributed by atoms with E-state index >= 15 is 0 Å². The third-order valence-electron chi connectivity index (χ3n) is 14.1. The van der Waals surface area contributed by atoms with Gasteiger partial charge in [-0.1, -0.05) is 191 Å². The van der Waals surface area contributed by atoms with E-state index in [2.05, 4.69) is 271 Å². The van der Waals surface area contributed by atoms with Gasteiger partial charge in [0.2, 0.25) is 0 Å². The van der Waals surface area contributed by atoms with Crippen LogP contribution in [0.3, 0.4) is 0 Å². The molecule has 0 fully saturated rings. The summed E-state index contributed by atoms with van der Waals surface area (Å²) in [7, 11) is 0. The van der Waals surface area contributed by atoms with Crippen LogP contribution in [0, 0.1) is 6.33 Å². The Morgan fingerprint density at radius 2 is 1.12 bits per heavy atom. The number of pyridine rings is 1. The van der Waals surface area contributed by atoms with Gasteiger partial charge in [-0.05, 0) is 104 Å². The van der Waals surface area contributed by atoms with Gasteiger partial charge in [0.05, 0.1) is 28.1 Å². The van der Waals surface area contributed by atoms with Crippen LogP contribution in [0.2, 0.25) is 0 Å². The van der Waals surface area contributed by atoms with Gasteiger partial charge in [0.15, 0.2) is 0 Å². The molecule has 10 aromatic rings. The number of benzene rings is 7. The van der Waals surface area contributed by atoms with Crippen molar-refractivity contribution in [2.75, 3.05) is 0 Å². The molecule has 3 heterocycles. The standard InChI is InChI=1S/C64H62N4O/c1-61(2,3)48-35-49(64(9,10)46-27-18-13-19-28-46)37-51(36-48)66-42-58(44-23-14-11-15-24-44)67(43-66)50-29-22-30-52(39-50)69-53-40-55(62(4,5)6)60-54-31-20-21-32-56(54)68(57(60)41-53)59-38-47(33-34-65-59)63(7,8)45-25-16-12-17-26-45/h11-42H,1-10H3. The summed E-state index contributed by atoms with van der Waals surface area (Å²) in [4.78, 5) is 5.06. The highest BCUT2D eigenvalue weighted by atomic mass is 16.5. The number of hydrogen-bond acceptors (Lipinski definition) is 2. The van der Waals surface area contributed by atoms with Crippen LogP contribution < -0.4 is 9.30 Å². The van der Waals surface area contributed by atoms with Gasteiger partial charge in [-0.3, -0.25) is 13.7 Å². The van der Waals surface area contributed by atoms with Gasteiger partial charge in [-0.15, -0.1) is 0 Å². The Labute approximate surface area is 408 Å². The molecule has 10 rings (SSSR count). The van der Waals surface area contributed by atoms with Crippen LogP contribution in [0.5, 0.6) is 11.5 Å². The minimum atomic E-state index is -0.233. The molecular formula is C64H62N4O. The SMILES string of the molecule is CC(C)(C)c1cc(-[n+]2[c-]n(-c3cccc(Oc4cc(C(C)(C)C)c5c6ccccc6n(-c6cc(C(C)(C)c7ccccc7)ccn6)c5c4)c3)c(-c3ccccc3)c2)cc(C(C)(C)c2ccccc2)c1. The minimum Gasteiger partial charge on any atom is -0.458 e. The lowest BCUT2D eigenvalue weighted by Crippen LogP contribution is -2.31. The fourth-order valence-corrected chi connectivity index (χ4v) is 9.82. The van der Waals surface area contributed by atoms with Crippen molar-refractivity contribution in [1.82, 2.24) is 14.1 Å². The maximum absolute atomic E-state index is 7.02. The smallest absolute Gasteiger partial charge is 0.269 e. The van der Waals surface area contributed by atoms with Crippen LogP contribution in [0.1, 0.15) is 103 Å². The molecule has 3 aromatic heterocycles. The molecule has 69 heavy (non-hydrogen) atoms. The van der Waals surface area contributed by atoms with Gasteiger partial charge in [0.25, 0.3) is 6.33 Å². The Balaban J connectivity index is 1.09. The van der Waals surface area contributed by atoms with Crippen molar-refractivity contribution in [3.05, 3.63) is 234 Å². The number of imidazole rings is 1. The van der Waals surface area contributed by atoms with E-state index in [-0.39, 0.29) is 21.7 Å². The molecule has 0 saturated heterocycles. The van der Waals surface area contributed by atoms with Gasteiger partial charge in [0, 0.05) is 40.1 Å². The fourth-order valence-electron chi connectivity index (χ4n) is 9.82. The van der Waals surface area contributed by atoms with Gasteiger partial charge in [-0.2, -0.15) is 0 Å². The van der Waals surface area contributed by atoms with Gasteiger partial charge >= 0.3 is 0 Å². The van der Waals surface area contributed by atoms with Crippen LogP contribution >= 0.6 is 0 Å². The largest absolute Gasteiger partial charge is 0.458 e. The van der Waals surface area contributed by atoms with Crippen molar-refractivity contribution in [2.24, 2.45) is 0 Å². The number of fused-ring (bicyclic) bond motifs is 3. The Morgan fingerprint density at radius 3 is 1.78 bits per heavy atom. The fraction of sp³-hybridized carbons (Fsp3) is 0.219. The zero-order valence-electron chi connectivity index (χ0n) is 41.7. The van der Waals surface area contributed by atoms with Crippen molar-refractivity contribution < 1.29 is 9.30 Å². The number of aromatic nitrogens is 4. The topological polar surface area (TPSA) is 35.9 Å². The second-order valence-corrected chi connectivity index (χ2v) is 21.7. The van der Waals surface area contributed by atoms with E-state index in [4.69, 9.17) is 9.72 Å². The molecule has 0 aliphatic rings. The lowest BCUT2D eigenvalue weighted by Gasteiger charge is -2.30. The summed E-state index contributed by atoms with van der Waals surface area (Å²) in [6.07, 6.45) is 7.94. The number of hydrogen-bond donors (Lipinski definition) is 0. The third kappa shape index (κ3) is 8.56. The van der Waals surface area contributed by atoms with Gasteiger partial charge in [0.1, 0.15) is 17.3 Å². The van der Waals surface area contributed by atoms with Crippen LogP contribution in [0.4, 0.5) is 0 Å². The second kappa shape index (κ2) is 17.2. The molecule has 0 unspecified atom stereocenters. The first-order valence-corrected chi connectivity index (χ1v) is 24.2. The molecule has 0 bridgehead atoms. The number of nitrogens with zero attached hydrogens (tertiary/aromatic N) is 4. The minimum absolute atomic E-state index is 0.0708. The summed E-state index contributed by atoms with van der Waals surface area (Å²) in [5.41, 5.74) is 13.0. The van der Waals surface area contributed by atoms with Crippen molar-refractivity contribution in [2.45, 2.75) is 90.9 Å². The molecule has 0 atom stereocenters. The summed E-state index contributed by atoms with van der Waals surface area (Å²) >= 11 is 0. The molecule has 0 radical (unpaired) electrons. The first-order valence-electron chi connectivity index (χ1n) is 24.2. The normalized spacial score (nSPS) is 12.5. The van der Waals surface area contributed by atoms with E-state index in [0.717, 1.165) is 51.0 Å². The molecule has 0 aliphatic heterocycles. The maximum atomic E-state index is 7.02. The van der Waals surface area contributed by atoms with E-state index in [1.165, 1.54) is 44.2 Å². The third-order valence-corrected chi connectivity index (χ3v) is 14.1. The molecular weight excluding hydrogens is 841 g/mol. The predicted molar refractivity (Wildman–Crippen MR) is 285 cm³/mol. The molecule has 0 aliphatic carbocycles. The monoisotopic (exact) mass is 902 g/mol. The predicted octanol–water partition coefficient (Wildman–Crippen LogP) is 15.8. The summed E-state index contributed by atoms with van der Waals surface area (Å²) in [5.74, 6) is 2.36. The molecule has 5 nitrogen and oxygen atoms in total. The Bertz CT molecular complexity index is 3470. The highest BCUT2D eigenvalue weighted by Gasteiger charge is 2.29. The molecule has 0 saturated carbocycles. The van der Waals surface area contributed by atoms with E-state index in [0.29, 0.717) is 0 Å². The van der Waals surface area contributed by atoms with E-state index in [1.807, 2.05) is 12.3 Å². The molecule has 0 spiro atoms. The summed E-state index contributed by atoms with van der Waals surface area (Å²) in [6, 6.07) is 65.0. The highest BCUT2D eigenvalue weighted by molar-refractivity contribution is 6.11. The Morgan fingerprint density at radius 1 is 0.493 bits per heavy atom. The Kier molecular flexibility index (Phi) is 11.3. The molecule has 344 valence electrons. The maximum Gasteiger partial charge on any atom is 0.269 e. The van der Waals surface area contributed by atoms with Crippen LogP contribution in [0.15, 0.2) is 194 Å². The summed E-state index contributed by atoms with van der Waals surface area (Å²) < 4.78 is 13.7. The number of para-hydroxylation sites is 1. The molecule has 5 heteroatoms. The zero-order chi connectivity index (χ0) is 48.3. The average Bonchev–Trinajstić information content (AvgIpc) is 3.95. The lowest BCUT2D eigenvalue weighted by molar-refractivity contribution is -0.599. The average molecular weight is 903 g/mol. The summed E-state index contributed by atoms with van der Waals surface area (Å²) in [5, 5.41) is 2.40. The van der Waals surface area contributed by atoms with E-state index < -0.39 is 0 Å². The van der Waals surface area contributed by atoms with Crippen molar-refractivity contribution in [1.29, 1.82) is 0 Å². The lowest BCUT2D eigenvalue weighted by atomic mass is 9.75. The highest BCUT2D eigenvalue weighted by Crippen LogP contribution is 2.43. The van der Waals surface area contributed by atoms with E-state index in [1.54, 1.807) is 0 Å². The van der Waals surface area contributed by atoms with E-state index in [9.17, 15) is 0 Å². The zero-order valence-corrected chi connectivity index (χ0v) is 41.7. The van der Waals surface area contributed by atoms with Crippen LogP contribution in [0.25, 0.3) is 50.3 Å². The van der Waals surface area contributed by atoms with Crippen molar-refractivity contribution >= 4 is 21.8 Å². The van der Waals surface area contributed by atoms with Crippen molar-refractivity contribution in [3.8, 4) is 39.9 Å². The first kappa shape index (κ1) is 45.3. The molecule has 0 amide bonds. The first-order chi connectivity index (χ1) is 33.0. The quantitative estimate of drug-likeness (QED) is 0.101. The summed E-state index contributed by atoms with van der Waals surface area (Å²) in [6.45, 7) is 22.9. The molecule has 7 aromatic carbocycles. The second-order valence-electron chi connectivity index (χ2n) is 21.7.